The fourth-order valence-corrected chi connectivity index (χ4v) is 1.01. The quantitative estimate of drug-likeness (QED) is 0.311. The van der Waals surface area contributed by atoms with Crippen LogP contribution in [0.4, 0.5) is 0 Å². The Morgan fingerprint density at radius 1 is 1.55 bits per heavy atom. The summed E-state index contributed by atoms with van der Waals surface area (Å²) >= 11 is 0.926. The van der Waals surface area contributed by atoms with E-state index in [-0.39, 0.29) is 22.1 Å². The lowest BCUT2D eigenvalue weighted by Gasteiger charge is -2.20. The molecule has 0 unspecified atom stereocenters. The summed E-state index contributed by atoms with van der Waals surface area (Å²) in [6.45, 7) is 3.20. The Kier molecular flexibility index (Phi) is 6.32. The molecular formula is C4H12BBrN2O2S. The van der Waals surface area contributed by atoms with Crippen LogP contribution in [0.25, 0.3) is 0 Å². The summed E-state index contributed by atoms with van der Waals surface area (Å²) in [7, 11) is -1.46. The SMILES string of the molecule is Br.CC(C)(SC(=N)N)B(O)O. The molecule has 0 aromatic heterocycles. The number of hydrogen-bond acceptors (Lipinski definition) is 4. The van der Waals surface area contributed by atoms with E-state index >= 15 is 0 Å². The smallest absolute Gasteiger partial charge is 0.426 e. The Labute approximate surface area is 81.0 Å². The Morgan fingerprint density at radius 2 is 1.91 bits per heavy atom. The molecule has 0 aliphatic carbocycles. The van der Waals surface area contributed by atoms with Crippen LogP contribution in [0.1, 0.15) is 13.8 Å². The highest BCUT2D eigenvalue weighted by Gasteiger charge is 2.33. The molecule has 0 amide bonds. The minimum atomic E-state index is -1.46. The third-order valence-corrected chi connectivity index (χ3v) is 1.95. The van der Waals surface area contributed by atoms with Crippen molar-refractivity contribution in [3.05, 3.63) is 0 Å². The Hall–Kier alpha value is 0.285. The van der Waals surface area contributed by atoms with E-state index in [9.17, 15) is 0 Å². The van der Waals surface area contributed by atoms with E-state index in [0.717, 1.165) is 11.8 Å². The molecule has 4 nitrogen and oxygen atoms in total. The van der Waals surface area contributed by atoms with Crippen molar-refractivity contribution in [2.24, 2.45) is 5.73 Å². The number of thioether (sulfide) groups is 1. The molecular weight excluding hydrogens is 231 g/mol. The maximum absolute atomic E-state index is 8.71. The number of amidine groups is 1. The molecule has 0 aromatic rings. The fraction of sp³-hybridized carbons (Fsp3) is 0.750. The van der Waals surface area contributed by atoms with Crippen molar-refractivity contribution in [1.29, 1.82) is 5.41 Å². The van der Waals surface area contributed by atoms with Crippen LogP contribution in [-0.2, 0) is 0 Å². The summed E-state index contributed by atoms with van der Waals surface area (Å²) in [6, 6.07) is 0. The molecule has 0 aliphatic rings. The molecule has 0 spiro atoms. The molecule has 7 heteroatoms. The second-order valence-corrected chi connectivity index (χ2v) is 4.14. The van der Waals surface area contributed by atoms with Crippen LogP contribution in [-0.4, -0.2) is 27.0 Å². The maximum atomic E-state index is 8.71. The Balaban J connectivity index is 0. The molecule has 11 heavy (non-hydrogen) atoms. The van der Waals surface area contributed by atoms with Gasteiger partial charge in [0.15, 0.2) is 5.17 Å². The van der Waals surface area contributed by atoms with E-state index in [4.69, 9.17) is 21.2 Å². The number of halogens is 1. The number of rotatable bonds is 2. The monoisotopic (exact) mass is 242 g/mol. The average molecular weight is 243 g/mol. The van der Waals surface area contributed by atoms with E-state index in [1.165, 1.54) is 0 Å². The van der Waals surface area contributed by atoms with E-state index < -0.39 is 11.8 Å². The standard InChI is InChI=1S/C4H11BN2O2S.BrH/c1-4(2,5(8)9)10-3(6)7;/h8-9H,1-2H3,(H3,6,7);1H. The average Bonchev–Trinajstić information content (AvgIpc) is 1.60. The highest BCUT2D eigenvalue weighted by molar-refractivity contribution is 8.93. The van der Waals surface area contributed by atoms with Crippen molar-refractivity contribution in [2.45, 2.75) is 18.5 Å². The number of nitrogens with two attached hydrogens (primary N) is 1. The van der Waals surface area contributed by atoms with Gasteiger partial charge in [-0.1, -0.05) is 25.6 Å². The molecule has 0 bridgehead atoms. The van der Waals surface area contributed by atoms with Crippen molar-refractivity contribution < 1.29 is 10.0 Å². The molecule has 0 saturated carbocycles. The second-order valence-electron chi connectivity index (χ2n) is 2.44. The molecule has 0 radical (unpaired) electrons. The lowest BCUT2D eigenvalue weighted by Crippen LogP contribution is -2.39. The maximum Gasteiger partial charge on any atom is 0.468 e. The Morgan fingerprint density at radius 3 is 2.00 bits per heavy atom. The van der Waals surface area contributed by atoms with Gasteiger partial charge in [-0.05, 0) is 0 Å². The lowest BCUT2D eigenvalue weighted by atomic mass is 9.75. The molecule has 0 aromatic carbocycles. The van der Waals surface area contributed by atoms with Crippen LogP contribution in [0.2, 0.25) is 0 Å². The molecule has 0 heterocycles. The highest BCUT2D eigenvalue weighted by Crippen LogP contribution is 2.24. The zero-order valence-electron chi connectivity index (χ0n) is 6.37. The minimum absolute atomic E-state index is 0. The van der Waals surface area contributed by atoms with E-state index in [1.54, 1.807) is 13.8 Å². The highest BCUT2D eigenvalue weighted by atomic mass is 79.9. The first-order valence-corrected chi connectivity index (χ1v) is 3.57. The van der Waals surface area contributed by atoms with Crippen LogP contribution in [0.3, 0.4) is 0 Å². The molecule has 0 saturated heterocycles. The van der Waals surface area contributed by atoms with Crippen molar-refractivity contribution in [3.63, 3.8) is 0 Å². The number of hydrogen-bond donors (Lipinski definition) is 4. The summed E-state index contributed by atoms with van der Waals surface area (Å²) in [6.07, 6.45) is 0. The van der Waals surface area contributed by atoms with Gasteiger partial charge in [0.25, 0.3) is 0 Å². The molecule has 0 rings (SSSR count). The fourth-order valence-electron chi connectivity index (χ4n) is 0.336. The van der Waals surface area contributed by atoms with Crippen LogP contribution in [0.15, 0.2) is 0 Å². The molecule has 0 atom stereocenters. The normalized spacial score (nSPS) is 10.2. The second kappa shape index (κ2) is 5.02. The predicted molar refractivity (Wildman–Crippen MR) is 54.1 cm³/mol. The zero-order valence-corrected chi connectivity index (χ0v) is 8.90. The first-order chi connectivity index (χ1) is 4.36. The van der Waals surface area contributed by atoms with Gasteiger partial charge in [0.2, 0.25) is 0 Å². The topological polar surface area (TPSA) is 90.3 Å². The first kappa shape index (κ1) is 13.8. The van der Waals surface area contributed by atoms with Crippen molar-refractivity contribution in [1.82, 2.24) is 0 Å². The van der Waals surface area contributed by atoms with Gasteiger partial charge in [-0.25, -0.2) is 0 Å². The largest absolute Gasteiger partial charge is 0.468 e. The van der Waals surface area contributed by atoms with Gasteiger partial charge in [-0.15, -0.1) is 17.0 Å². The third kappa shape index (κ3) is 5.54. The first-order valence-electron chi connectivity index (χ1n) is 2.75. The molecule has 5 N–H and O–H groups in total. The molecule has 0 fully saturated rings. The molecule has 66 valence electrons. The summed E-state index contributed by atoms with van der Waals surface area (Å²) in [5.41, 5.74) is 5.04. The van der Waals surface area contributed by atoms with E-state index in [0.29, 0.717) is 0 Å². The van der Waals surface area contributed by atoms with Crippen LogP contribution in [0, 0.1) is 5.41 Å². The van der Waals surface area contributed by atoms with Crippen LogP contribution < -0.4 is 5.73 Å². The van der Waals surface area contributed by atoms with Crippen molar-refractivity contribution >= 4 is 41.0 Å². The Bertz CT molecular complexity index is 144. The summed E-state index contributed by atoms with van der Waals surface area (Å²) in [4.78, 5) is 0. The zero-order chi connectivity index (χ0) is 8.36. The van der Waals surface area contributed by atoms with Gasteiger partial charge in [-0.2, -0.15) is 0 Å². The summed E-state index contributed by atoms with van der Waals surface area (Å²) in [5, 5.41) is 24.2. The summed E-state index contributed by atoms with van der Waals surface area (Å²) < 4.78 is -0.800. The lowest BCUT2D eigenvalue weighted by molar-refractivity contribution is 0.387. The van der Waals surface area contributed by atoms with Gasteiger partial charge in [-0.3, -0.25) is 5.41 Å². The van der Waals surface area contributed by atoms with E-state index in [2.05, 4.69) is 0 Å². The van der Waals surface area contributed by atoms with Gasteiger partial charge in [0, 0.05) is 0 Å². The van der Waals surface area contributed by atoms with Crippen LogP contribution in [0.5, 0.6) is 0 Å². The molecule has 0 aliphatic heterocycles. The van der Waals surface area contributed by atoms with Gasteiger partial charge >= 0.3 is 7.12 Å². The van der Waals surface area contributed by atoms with Gasteiger partial charge in [0.05, 0.1) is 4.65 Å². The minimum Gasteiger partial charge on any atom is -0.426 e. The van der Waals surface area contributed by atoms with Gasteiger partial charge in [0.1, 0.15) is 0 Å². The number of nitrogens with one attached hydrogen (secondary N) is 1. The van der Waals surface area contributed by atoms with E-state index in [1.807, 2.05) is 0 Å². The predicted octanol–water partition coefficient (Wildman–Crippen LogP) is -0.0184. The van der Waals surface area contributed by atoms with Crippen LogP contribution >= 0.6 is 28.7 Å². The summed E-state index contributed by atoms with van der Waals surface area (Å²) in [5.74, 6) is 0. The third-order valence-electron chi connectivity index (χ3n) is 0.995. The van der Waals surface area contributed by atoms with Crippen molar-refractivity contribution in [2.75, 3.05) is 0 Å². The van der Waals surface area contributed by atoms with Gasteiger partial charge < -0.3 is 15.8 Å². The van der Waals surface area contributed by atoms with Crippen molar-refractivity contribution in [3.8, 4) is 0 Å².